The molecule has 0 bridgehead atoms. The highest BCUT2D eigenvalue weighted by Crippen LogP contribution is 2.31. The molecule has 0 saturated heterocycles. The summed E-state index contributed by atoms with van der Waals surface area (Å²) in [5, 5.41) is 8.36. The van der Waals surface area contributed by atoms with Crippen LogP contribution in [-0.4, -0.2) is 16.6 Å². The molecule has 1 amide bonds. The van der Waals surface area contributed by atoms with Gasteiger partial charge in [0.25, 0.3) is 5.91 Å². The van der Waals surface area contributed by atoms with Crippen molar-refractivity contribution in [3.05, 3.63) is 63.2 Å². The SMILES string of the molecule is CC1=NN(c2nc(-c3ccccc3)cs2)C(=O)/C1=C/c1ccc(C)s1. The second-order valence-electron chi connectivity index (χ2n) is 5.69. The van der Waals surface area contributed by atoms with Crippen LogP contribution in [0.4, 0.5) is 5.13 Å². The van der Waals surface area contributed by atoms with Gasteiger partial charge < -0.3 is 0 Å². The molecule has 4 rings (SSSR count). The van der Waals surface area contributed by atoms with Crippen molar-refractivity contribution in [2.24, 2.45) is 5.10 Å². The van der Waals surface area contributed by atoms with Crippen LogP contribution in [0.1, 0.15) is 16.7 Å². The Balaban J connectivity index is 1.64. The highest BCUT2D eigenvalue weighted by atomic mass is 32.1. The summed E-state index contributed by atoms with van der Waals surface area (Å²) in [6.07, 6.45) is 1.91. The Morgan fingerprint density at radius 2 is 1.88 bits per heavy atom. The van der Waals surface area contributed by atoms with Gasteiger partial charge in [-0.25, -0.2) is 4.98 Å². The Hall–Kier alpha value is -2.57. The second kappa shape index (κ2) is 6.38. The Morgan fingerprint density at radius 1 is 1.08 bits per heavy atom. The van der Waals surface area contributed by atoms with Crippen LogP contribution in [0.15, 0.2) is 58.5 Å². The molecule has 6 heteroatoms. The van der Waals surface area contributed by atoms with E-state index in [4.69, 9.17) is 0 Å². The molecule has 124 valence electrons. The Labute approximate surface area is 153 Å². The molecule has 1 aromatic carbocycles. The maximum absolute atomic E-state index is 12.8. The summed E-state index contributed by atoms with van der Waals surface area (Å²) in [6.45, 7) is 3.91. The Morgan fingerprint density at radius 3 is 2.60 bits per heavy atom. The number of hydrogen-bond donors (Lipinski definition) is 0. The summed E-state index contributed by atoms with van der Waals surface area (Å²) in [4.78, 5) is 19.6. The number of nitrogens with zero attached hydrogens (tertiary/aromatic N) is 3. The van der Waals surface area contributed by atoms with Crippen molar-refractivity contribution >= 4 is 45.5 Å². The minimum Gasteiger partial charge on any atom is -0.267 e. The number of aryl methyl sites for hydroxylation is 1. The zero-order valence-electron chi connectivity index (χ0n) is 13.8. The summed E-state index contributed by atoms with van der Waals surface area (Å²) in [5.74, 6) is -0.127. The molecule has 0 fully saturated rings. The zero-order valence-corrected chi connectivity index (χ0v) is 15.4. The maximum Gasteiger partial charge on any atom is 0.282 e. The van der Waals surface area contributed by atoms with Gasteiger partial charge in [0.1, 0.15) is 0 Å². The van der Waals surface area contributed by atoms with E-state index in [1.54, 1.807) is 11.3 Å². The lowest BCUT2D eigenvalue weighted by atomic mass is 10.1. The standard InChI is InChI=1S/C19H15N3OS2/c1-12-8-9-15(25-12)10-16-13(2)21-22(18(16)23)19-20-17(11-24-19)14-6-4-3-5-7-14/h3-11H,1-2H3/b16-10+. The molecule has 0 saturated carbocycles. The number of amides is 1. The van der Waals surface area contributed by atoms with E-state index in [0.29, 0.717) is 16.4 Å². The number of rotatable bonds is 3. The zero-order chi connectivity index (χ0) is 17.4. The fourth-order valence-electron chi connectivity index (χ4n) is 2.59. The smallest absolute Gasteiger partial charge is 0.267 e. The molecule has 1 aliphatic rings. The van der Waals surface area contributed by atoms with Crippen molar-refractivity contribution < 1.29 is 4.79 Å². The first kappa shape index (κ1) is 15.9. The molecule has 0 aliphatic carbocycles. The van der Waals surface area contributed by atoms with Gasteiger partial charge in [-0.2, -0.15) is 10.1 Å². The fraction of sp³-hybridized carbons (Fsp3) is 0.105. The largest absolute Gasteiger partial charge is 0.282 e. The van der Waals surface area contributed by atoms with E-state index in [9.17, 15) is 4.79 Å². The van der Waals surface area contributed by atoms with Crippen LogP contribution in [0.2, 0.25) is 0 Å². The van der Waals surface area contributed by atoms with Crippen LogP contribution < -0.4 is 5.01 Å². The molecule has 0 unspecified atom stereocenters. The van der Waals surface area contributed by atoms with Crippen molar-refractivity contribution in [3.8, 4) is 11.3 Å². The number of thiophene rings is 1. The molecule has 0 atom stereocenters. The van der Waals surface area contributed by atoms with Crippen molar-refractivity contribution in [2.75, 3.05) is 5.01 Å². The van der Waals surface area contributed by atoms with Crippen LogP contribution in [0.5, 0.6) is 0 Å². The average molecular weight is 365 g/mol. The molecular formula is C19H15N3OS2. The monoisotopic (exact) mass is 365 g/mol. The number of benzene rings is 1. The van der Waals surface area contributed by atoms with Crippen molar-refractivity contribution in [3.63, 3.8) is 0 Å². The average Bonchev–Trinajstić information content (AvgIpc) is 3.32. The van der Waals surface area contributed by atoms with Gasteiger partial charge in [-0.1, -0.05) is 30.3 Å². The van der Waals surface area contributed by atoms with Gasteiger partial charge >= 0.3 is 0 Å². The predicted octanol–water partition coefficient (Wildman–Crippen LogP) is 4.99. The van der Waals surface area contributed by atoms with E-state index in [1.165, 1.54) is 21.2 Å². The van der Waals surface area contributed by atoms with Gasteiger partial charge in [0.15, 0.2) is 0 Å². The lowest BCUT2D eigenvalue weighted by molar-refractivity contribution is -0.114. The fourth-order valence-corrected chi connectivity index (χ4v) is 4.19. The summed E-state index contributed by atoms with van der Waals surface area (Å²) >= 11 is 3.08. The van der Waals surface area contributed by atoms with E-state index in [0.717, 1.165) is 16.1 Å². The first-order chi connectivity index (χ1) is 12.1. The summed E-state index contributed by atoms with van der Waals surface area (Å²) in [7, 11) is 0. The number of carbonyl (C=O) groups excluding carboxylic acids is 1. The topological polar surface area (TPSA) is 45.6 Å². The van der Waals surface area contributed by atoms with Crippen molar-refractivity contribution in [1.29, 1.82) is 0 Å². The number of aromatic nitrogens is 1. The first-order valence-corrected chi connectivity index (χ1v) is 9.50. The normalized spacial score (nSPS) is 15.9. The third-order valence-corrected chi connectivity index (χ3v) is 5.62. The number of thiazole rings is 1. The highest BCUT2D eigenvalue weighted by molar-refractivity contribution is 7.14. The number of anilines is 1. The Bertz CT molecular complexity index is 999. The summed E-state index contributed by atoms with van der Waals surface area (Å²) < 4.78 is 0. The van der Waals surface area contributed by atoms with Crippen LogP contribution >= 0.6 is 22.7 Å². The third kappa shape index (κ3) is 3.06. The van der Waals surface area contributed by atoms with Crippen molar-refractivity contribution in [2.45, 2.75) is 13.8 Å². The number of hydrazone groups is 1. The molecule has 0 radical (unpaired) electrons. The van der Waals surface area contributed by atoms with E-state index < -0.39 is 0 Å². The first-order valence-electron chi connectivity index (χ1n) is 7.81. The molecule has 2 aromatic heterocycles. The minimum absolute atomic E-state index is 0.127. The summed E-state index contributed by atoms with van der Waals surface area (Å²) in [5.41, 5.74) is 3.22. The molecule has 4 nitrogen and oxygen atoms in total. The molecule has 1 aliphatic heterocycles. The van der Waals surface area contributed by atoms with Gasteiger partial charge in [0.05, 0.1) is 17.0 Å². The van der Waals surface area contributed by atoms with Gasteiger partial charge in [0, 0.05) is 20.7 Å². The number of carbonyl (C=O) groups is 1. The van der Waals surface area contributed by atoms with Crippen LogP contribution in [0.25, 0.3) is 17.3 Å². The minimum atomic E-state index is -0.127. The summed E-state index contributed by atoms with van der Waals surface area (Å²) in [6, 6.07) is 14.0. The quantitative estimate of drug-likeness (QED) is 0.614. The maximum atomic E-state index is 12.8. The lowest BCUT2D eigenvalue weighted by Gasteiger charge is -2.06. The third-order valence-electron chi connectivity index (χ3n) is 3.85. The van der Waals surface area contributed by atoms with Crippen molar-refractivity contribution in [1.82, 2.24) is 4.98 Å². The van der Waals surface area contributed by atoms with Crippen LogP contribution in [-0.2, 0) is 4.79 Å². The van der Waals surface area contributed by atoms with E-state index >= 15 is 0 Å². The predicted molar refractivity (Wildman–Crippen MR) is 105 cm³/mol. The van der Waals surface area contributed by atoms with E-state index in [1.807, 2.05) is 60.8 Å². The molecule has 3 aromatic rings. The Kier molecular flexibility index (Phi) is 4.07. The lowest BCUT2D eigenvalue weighted by Crippen LogP contribution is -2.21. The van der Waals surface area contributed by atoms with Crippen LogP contribution in [0.3, 0.4) is 0 Å². The molecular weight excluding hydrogens is 350 g/mol. The van der Waals surface area contributed by atoms with E-state index in [-0.39, 0.29) is 5.91 Å². The second-order valence-corrected chi connectivity index (χ2v) is 7.85. The molecule has 25 heavy (non-hydrogen) atoms. The van der Waals surface area contributed by atoms with Crippen LogP contribution in [0, 0.1) is 6.92 Å². The van der Waals surface area contributed by atoms with E-state index in [2.05, 4.69) is 17.0 Å². The van der Waals surface area contributed by atoms with Gasteiger partial charge in [0.2, 0.25) is 5.13 Å². The van der Waals surface area contributed by atoms with Gasteiger partial charge in [-0.15, -0.1) is 22.7 Å². The molecule has 0 spiro atoms. The molecule has 3 heterocycles. The highest BCUT2D eigenvalue weighted by Gasteiger charge is 2.30. The molecule has 0 N–H and O–H groups in total. The van der Waals surface area contributed by atoms with Gasteiger partial charge in [-0.05, 0) is 32.1 Å². The van der Waals surface area contributed by atoms with Gasteiger partial charge in [-0.3, -0.25) is 4.79 Å². The number of hydrogen-bond acceptors (Lipinski definition) is 5.